The highest BCUT2D eigenvalue weighted by Gasteiger charge is 2.18. The van der Waals surface area contributed by atoms with Crippen molar-refractivity contribution in [1.82, 2.24) is 41.7 Å². The van der Waals surface area contributed by atoms with E-state index < -0.39 is 11.8 Å². The van der Waals surface area contributed by atoms with E-state index >= 15 is 0 Å². The van der Waals surface area contributed by atoms with Crippen LogP contribution in [-0.2, 0) is 19.2 Å². The van der Waals surface area contributed by atoms with Crippen molar-refractivity contribution in [3.05, 3.63) is 24.3 Å². The molecule has 0 aliphatic carbocycles. The first-order chi connectivity index (χ1) is 28.0. The summed E-state index contributed by atoms with van der Waals surface area (Å²) in [7, 11) is 0. The zero-order valence-corrected chi connectivity index (χ0v) is 35.6. The molecule has 2 aliphatic heterocycles. The Balaban J connectivity index is 0.000000582. The highest BCUT2D eigenvalue weighted by atomic mass is 16.2. The molecule has 2 heterocycles. The topological polar surface area (TPSA) is 247 Å². The maximum atomic E-state index is 12.2. The minimum Gasteiger partial charge on any atom is -0.356 e. The lowest BCUT2D eigenvalue weighted by atomic mass is 10.0. The molecule has 328 valence electrons. The molecule has 0 saturated carbocycles. The Hall–Kier alpha value is -3.90. The SMILES string of the molecule is CC(N)CCCCNC(=O)C/C=C\CCC(C#N)C(=O)NCCCCC(C)N.N#CC(CC/C=C\CC(=O)NCCN1CCNCC1)C(=O)NCCN1CCNCC1. The summed E-state index contributed by atoms with van der Waals surface area (Å²) in [4.78, 5) is 52.4. The molecular formula is C42H76N12O4. The predicted molar refractivity (Wildman–Crippen MR) is 230 cm³/mol. The monoisotopic (exact) mass is 813 g/mol. The number of piperazine rings is 2. The highest BCUT2D eigenvalue weighted by molar-refractivity contribution is 5.81. The van der Waals surface area contributed by atoms with Gasteiger partial charge in [-0.05, 0) is 65.2 Å². The average Bonchev–Trinajstić information content (AvgIpc) is 3.21. The molecule has 16 nitrogen and oxygen atoms in total. The number of unbranched alkanes of at least 4 members (excludes halogenated alkanes) is 2. The summed E-state index contributed by atoms with van der Waals surface area (Å²) in [5.41, 5.74) is 11.4. The van der Waals surface area contributed by atoms with Gasteiger partial charge < -0.3 is 43.4 Å². The van der Waals surface area contributed by atoms with Gasteiger partial charge in [0.25, 0.3) is 0 Å². The van der Waals surface area contributed by atoms with Crippen molar-refractivity contribution in [2.45, 2.75) is 103 Å². The van der Waals surface area contributed by atoms with Crippen LogP contribution in [0.1, 0.15) is 90.9 Å². The largest absolute Gasteiger partial charge is 0.356 e. The van der Waals surface area contributed by atoms with Crippen LogP contribution in [0.15, 0.2) is 24.3 Å². The maximum absolute atomic E-state index is 12.2. The van der Waals surface area contributed by atoms with E-state index in [1.54, 1.807) is 6.08 Å². The Morgan fingerprint density at radius 2 is 0.966 bits per heavy atom. The van der Waals surface area contributed by atoms with Gasteiger partial charge in [0.05, 0.1) is 12.1 Å². The lowest BCUT2D eigenvalue weighted by Crippen LogP contribution is -2.46. The van der Waals surface area contributed by atoms with Crippen LogP contribution in [0.25, 0.3) is 0 Å². The van der Waals surface area contributed by atoms with Gasteiger partial charge in [0.15, 0.2) is 0 Å². The van der Waals surface area contributed by atoms with E-state index in [9.17, 15) is 24.4 Å². The Kier molecular flexibility index (Phi) is 31.5. The second-order valence-electron chi connectivity index (χ2n) is 15.3. The number of carbonyl (C=O) groups excluding carboxylic acids is 4. The van der Waals surface area contributed by atoms with Gasteiger partial charge in [0.2, 0.25) is 23.6 Å². The number of nitriles is 2. The lowest BCUT2D eigenvalue weighted by molar-refractivity contribution is -0.124. The van der Waals surface area contributed by atoms with Gasteiger partial charge in [-0.2, -0.15) is 10.5 Å². The van der Waals surface area contributed by atoms with E-state index in [1.165, 1.54) is 0 Å². The lowest BCUT2D eigenvalue weighted by Gasteiger charge is -2.27. The van der Waals surface area contributed by atoms with Crippen molar-refractivity contribution in [3.8, 4) is 12.1 Å². The molecule has 0 bridgehead atoms. The second kappa shape index (κ2) is 35.1. The summed E-state index contributed by atoms with van der Waals surface area (Å²) in [5.74, 6) is -1.74. The molecule has 16 heteroatoms. The van der Waals surface area contributed by atoms with Gasteiger partial charge in [-0.3, -0.25) is 29.0 Å². The summed E-state index contributed by atoms with van der Waals surface area (Å²) in [6.07, 6.45) is 15.8. The van der Waals surface area contributed by atoms with Crippen molar-refractivity contribution in [2.24, 2.45) is 23.3 Å². The third-order valence-corrected chi connectivity index (χ3v) is 9.82. The summed E-state index contributed by atoms with van der Waals surface area (Å²) in [6.45, 7) is 16.1. The molecule has 10 N–H and O–H groups in total. The zero-order valence-electron chi connectivity index (χ0n) is 35.6. The molecule has 0 aromatic heterocycles. The molecule has 0 aromatic carbocycles. The van der Waals surface area contributed by atoms with Gasteiger partial charge in [-0.1, -0.05) is 37.1 Å². The smallest absolute Gasteiger partial charge is 0.237 e. The van der Waals surface area contributed by atoms with Gasteiger partial charge in [-0.15, -0.1) is 0 Å². The van der Waals surface area contributed by atoms with Crippen LogP contribution in [0.5, 0.6) is 0 Å². The van der Waals surface area contributed by atoms with Crippen LogP contribution in [-0.4, -0.2) is 137 Å². The highest BCUT2D eigenvalue weighted by Crippen LogP contribution is 2.08. The van der Waals surface area contributed by atoms with Gasteiger partial charge >= 0.3 is 0 Å². The third-order valence-electron chi connectivity index (χ3n) is 9.82. The first kappa shape index (κ1) is 52.1. The fourth-order valence-electron chi connectivity index (χ4n) is 6.22. The van der Waals surface area contributed by atoms with Crippen LogP contribution in [0, 0.1) is 34.5 Å². The fraction of sp³-hybridized carbons (Fsp3) is 0.762. The molecule has 0 aromatic rings. The van der Waals surface area contributed by atoms with Crippen LogP contribution >= 0.6 is 0 Å². The Morgan fingerprint density at radius 3 is 1.38 bits per heavy atom. The number of nitrogens with two attached hydrogens (primary N) is 2. The molecule has 0 radical (unpaired) electrons. The number of nitrogens with one attached hydrogen (secondary N) is 6. The molecule has 0 spiro atoms. The number of allylic oxidation sites excluding steroid dienone is 2. The van der Waals surface area contributed by atoms with E-state index in [2.05, 4.69) is 53.8 Å². The van der Waals surface area contributed by atoms with Crippen LogP contribution < -0.4 is 43.4 Å². The van der Waals surface area contributed by atoms with Gasteiger partial charge in [-0.25, -0.2) is 0 Å². The van der Waals surface area contributed by atoms with Crippen molar-refractivity contribution in [2.75, 3.05) is 91.6 Å². The molecule has 58 heavy (non-hydrogen) atoms. The number of amides is 4. The van der Waals surface area contributed by atoms with Crippen LogP contribution in [0.3, 0.4) is 0 Å². The van der Waals surface area contributed by atoms with Crippen molar-refractivity contribution < 1.29 is 19.2 Å². The van der Waals surface area contributed by atoms with Crippen molar-refractivity contribution in [1.29, 1.82) is 10.5 Å². The minimum atomic E-state index is -0.656. The molecule has 2 fully saturated rings. The van der Waals surface area contributed by atoms with Crippen LogP contribution in [0.2, 0.25) is 0 Å². The summed E-state index contributed by atoms with van der Waals surface area (Å²) >= 11 is 0. The normalized spacial score (nSPS) is 16.9. The first-order valence-electron chi connectivity index (χ1n) is 21.6. The van der Waals surface area contributed by atoms with Gasteiger partial charge in [0.1, 0.15) is 11.8 Å². The Bertz CT molecular complexity index is 1270. The third kappa shape index (κ3) is 29.3. The van der Waals surface area contributed by atoms with Gasteiger partial charge in [0, 0.05) is 117 Å². The number of carbonyl (C=O) groups is 4. The summed E-state index contributed by atoms with van der Waals surface area (Å²) in [5, 5.41) is 36.5. The van der Waals surface area contributed by atoms with E-state index in [0.717, 1.165) is 104 Å². The van der Waals surface area contributed by atoms with E-state index in [4.69, 9.17) is 16.7 Å². The predicted octanol–water partition coefficient (Wildman–Crippen LogP) is 1.02. The molecule has 2 aliphatic rings. The zero-order chi connectivity index (χ0) is 42.6. The average molecular weight is 813 g/mol. The molecule has 2 rings (SSSR count). The Morgan fingerprint density at radius 1 is 0.586 bits per heavy atom. The first-order valence-corrected chi connectivity index (χ1v) is 21.6. The maximum Gasteiger partial charge on any atom is 0.237 e. The van der Waals surface area contributed by atoms with Crippen molar-refractivity contribution >= 4 is 23.6 Å². The Labute approximate surface area is 348 Å². The minimum absolute atomic E-state index is 0.00359. The molecular weight excluding hydrogens is 737 g/mol. The molecule has 2 saturated heterocycles. The standard InChI is InChI=1S/C21H37N7O2.C21H39N5O2/c22-18-19(21(30)26-11-17-28-14-8-24-9-15-28)4-2-1-3-5-20(29)25-10-16-27-12-6-23-7-13-27;1-17(23)10-6-8-14-25-20(27)13-5-3-4-12-19(16-22)21(28)26-15-9-7-11-18(2)24/h1,3,19,23-24H,2,4-17H2,(H,25,29)(H,26,30);3,5,17-19H,4,6-15,23-24H2,1-2H3,(H,25,27)(H,26,28)/b3-1-;5-3-. The van der Waals surface area contributed by atoms with E-state index in [1.807, 2.05) is 32.1 Å². The second-order valence-corrected chi connectivity index (χ2v) is 15.3. The van der Waals surface area contributed by atoms with Crippen molar-refractivity contribution in [3.63, 3.8) is 0 Å². The number of nitrogens with zero attached hydrogens (tertiary/aromatic N) is 4. The number of hydrogen-bond acceptors (Lipinski definition) is 12. The van der Waals surface area contributed by atoms with Crippen LogP contribution in [0.4, 0.5) is 0 Å². The molecule has 4 unspecified atom stereocenters. The molecule has 4 atom stereocenters. The quantitative estimate of drug-likeness (QED) is 0.0408. The van der Waals surface area contributed by atoms with E-state index in [0.29, 0.717) is 64.7 Å². The summed E-state index contributed by atoms with van der Waals surface area (Å²) < 4.78 is 0. The van der Waals surface area contributed by atoms with E-state index in [-0.39, 0.29) is 35.7 Å². The number of hydrogen-bond donors (Lipinski definition) is 8. The summed E-state index contributed by atoms with van der Waals surface area (Å²) in [6, 6.07) is 4.53. The number of rotatable bonds is 28. The molecule has 4 amide bonds. The fourth-order valence-corrected chi connectivity index (χ4v) is 6.22.